The fraction of sp³-hybridized carbons (Fsp3) is 0.433. The number of fused-ring (bicyclic) bond motifs is 6. The van der Waals surface area contributed by atoms with Crippen molar-refractivity contribution in [2.75, 3.05) is 0 Å². The van der Waals surface area contributed by atoms with Gasteiger partial charge in [-0.05, 0) is 44.0 Å². The van der Waals surface area contributed by atoms with E-state index in [-0.39, 0.29) is 45.9 Å². The first-order valence-corrected chi connectivity index (χ1v) is 13.6. The highest BCUT2D eigenvalue weighted by molar-refractivity contribution is 6.41. The third-order valence-electron chi connectivity index (χ3n) is 8.10. The van der Waals surface area contributed by atoms with Gasteiger partial charge in [-0.1, -0.05) is 31.9 Å². The van der Waals surface area contributed by atoms with Gasteiger partial charge in [-0.3, -0.25) is 9.59 Å². The molecule has 3 aliphatic heterocycles. The number of ketones is 2. The molecule has 6 rings (SSSR count). The maximum absolute atomic E-state index is 14.4. The predicted octanol–water partition coefficient (Wildman–Crippen LogP) is 3.16. The average Bonchev–Trinajstić information content (AvgIpc) is 3.24. The molecule has 2 saturated heterocycles. The summed E-state index contributed by atoms with van der Waals surface area (Å²) < 4.78 is 17.5. The maximum Gasteiger partial charge on any atom is 0.331 e. The number of ether oxygens (including phenoxy) is 3. The number of aliphatic hydroxyl groups is 2. The van der Waals surface area contributed by atoms with Gasteiger partial charge in [0, 0.05) is 23.1 Å². The molecule has 0 saturated carbocycles. The number of aromatic hydroxyl groups is 1. The molecule has 10 heteroatoms. The predicted molar refractivity (Wildman–Crippen MR) is 140 cm³/mol. The van der Waals surface area contributed by atoms with Crippen molar-refractivity contribution in [3.8, 4) is 11.5 Å². The van der Waals surface area contributed by atoms with Crippen LogP contribution in [0.4, 0.5) is 0 Å². The SMILES string of the molecule is CCCC[C@H]1C(=O)O[C@H]2c3cc(C)cc(O)c3C3=C(C(=O)c4c(O[C@H]5C[C@@H](O)[C@@H](O)[C@H](C)O5)cccc4C3=O)N12. The molecule has 10 nitrogen and oxygen atoms in total. The van der Waals surface area contributed by atoms with E-state index < -0.39 is 54.4 Å². The number of benzene rings is 2. The second-order valence-corrected chi connectivity index (χ2v) is 10.8. The number of hydrogen-bond donors (Lipinski definition) is 3. The summed E-state index contributed by atoms with van der Waals surface area (Å²) in [5, 5.41) is 31.3. The Morgan fingerprint density at radius 1 is 1.10 bits per heavy atom. The molecule has 6 atom stereocenters. The van der Waals surface area contributed by atoms with Crippen molar-refractivity contribution < 1.29 is 43.9 Å². The van der Waals surface area contributed by atoms with Gasteiger partial charge in [-0.25, -0.2) is 4.79 Å². The van der Waals surface area contributed by atoms with Gasteiger partial charge in [-0.15, -0.1) is 0 Å². The van der Waals surface area contributed by atoms with Crippen molar-refractivity contribution >= 4 is 23.1 Å². The van der Waals surface area contributed by atoms with E-state index in [1.807, 2.05) is 6.92 Å². The topological polar surface area (TPSA) is 143 Å². The van der Waals surface area contributed by atoms with E-state index in [1.165, 1.54) is 18.2 Å². The fourth-order valence-electron chi connectivity index (χ4n) is 6.17. The Balaban J connectivity index is 1.50. The zero-order valence-electron chi connectivity index (χ0n) is 22.4. The van der Waals surface area contributed by atoms with Crippen LogP contribution in [0.3, 0.4) is 0 Å². The number of carbonyl (C=O) groups is 3. The summed E-state index contributed by atoms with van der Waals surface area (Å²) in [5.41, 5.74) is 1.47. The van der Waals surface area contributed by atoms with Crippen LogP contribution in [0.5, 0.6) is 11.5 Å². The number of aliphatic hydroxyl groups excluding tert-OH is 2. The summed E-state index contributed by atoms with van der Waals surface area (Å²) in [7, 11) is 0. The summed E-state index contributed by atoms with van der Waals surface area (Å²) in [6.07, 6.45) is -2.92. The number of unbranched alkanes of at least 4 members (excludes halogenated alkanes) is 1. The summed E-state index contributed by atoms with van der Waals surface area (Å²) in [5.74, 6) is -1.62. The molecular weight excluding hydrogens is 518 g/mol. The molecule has 0 amide bonds. The lowest BCUT2D eigenvalue weighted by Crippen LogP contribution is -2.48. The molecule has 0 unspecified atom stereocenters. The fourth-order valence-corrected chi connectivity index (χ4v) is 6.17. The molecule has 0 aromatic heterocycles. The average molecular weight is 550 g/mol. The number of aryl methyl sites for hydroxylation is 1. The van der Waals surface area contributed by atoms with E-state index in [4.69, 9.17) is 14.2 Å². The number of nitrogens with zero attached hydrogens (tertiary/aromatic N) is 1. The Kier molecular flexibility index (Phi) is 6.44. The van der Waals surface area contributed by atoms with Crippen molar-refractivity contribution in [3.05, 3.63) is 63.8 Å². The summed E-state index contributed by atoms with van der Waals surface area (Å²) >= 11 is 0. The van der Waals surface area contributed by atoms with Crippen LogP contribution in [-0.4, -0.2) is 68.4 Å². The van der Waals surface area contributed by atoms with Gasteiger partial charge in [0.2, 0.25) is 18.3 Å². The van der Waals surface area contributed by atoms with Crippen molar-refractivity contribution in [2.24, 2.45) is 0 Å². The van der Waals surface area contributed by atoms with Crippen LogP contribution < -0.4 is 4.74 Å². The van der Waals surface area contributed by atoms with Crippen LogP contribution in [0.2, 0.25) is 0 Å². The number of allylic oxidation sites excluding steroid dienone is 2. The molecule has 40 heavy (non-hydrogen) atoms. The third-order valence-corrected chi connectivity index (χ3v) is 8.10. The molecule has 2 aromatic carbocycles. The Bertz CT molecular complexity index is 1450. The van der Waals surface area contributed by atoms with Crippen LogP contribution in [-0.2, 0) is 14.3 Å². The molecule has 210 valence electrons. The molecule has 2 aromatic rings. The van der Waals surface area contributed by atoms with Gasteiger partial charge < -0.3 is 34.4 Å². The van der Waals surface area contributed by atoms with E-state index in [2.05, 4.69) is 0 Å². The highest BCUT2D eigenvalue weighted by Gasteiger charge is 2.53. The highest BCUT2D eigenvalue weighted by Crippen LogP contribution is 2.52. The van der Waals surface area contributed by atoms with Crippen LogP contribution in [0.15, 0.2) is 36.0 Å². The number of rotatable bonds is 5. The number of carbonyl (C=O) groups excluding carboxylic acids is 3. The Hall–Kier alpha value is -3.73. The first kappa shape index (κ1) is 26.5. The molecular formula is C30H31NO9. The zero-order chi connectivity index (χ0) is 28.5. The third kappa shape index (κ3) is 3.93. The van der Waals surface area contributed by atoms with Crippen molar-refractivity contribution in [3.63, 3.8) is 0 Å². The van der Waals surface area contributed by atoms with E-state index >= 15 is 0 Å². The molecule has 4 aliphatic rings. The van der Waals surface area contributed by atoms with Crippen molar-refractivity contribution in [2.45, 2.75) is 83.3 Å². The van der Waals surface area contributed by atoms with E-state index in [0.717, 1.165) is 6.42 Å². The minimum atomic E-state index is -1.09. The van der Waals surface area contributed by atoms with Gasteiger partial charge in [0.25, 0.3) is 0 Å². The lowest BCUT2D eigenvalue weighted by atomic mass is 9.78. The molecule has 2 fully saturated rings. The summed E-state index contributed by atoms with van der Waals surface area (Å²) in [4.78, 5) is 43.2. The number of phenols is 1. The van der Waals surface area contributed by atoms with E-state index in [0.29, 0.717) is 24.0 Å². The monoisotopic (exact) mass is 549 g/mol. The summed E-state index contributed by atoms with van der Waals surface area (Å²) in [6.45, 7) is 5.38. The number of esters is 1. The highest BCUT2D eigenvalue weighted by atomic mass is 16.7. The molecule has 3 N–H and O–H groups in total. The van der Waals surface area contributed by atoms with E-state index in [9.17, 15) is 29.7 Å². The Morgan fingerprint density at radius 2 is 1.88 bits per heavy atom. The second kappa shape index (κ2) is 9.72. The van der Waals surface area contributed by atoms with Gasteiger partial charge in [0.05, 0.1) is 23.3 Å². The first-order valence-electron chi connectivity index (χ1n) is 13.6. The largest absolute Gasteiger partial charge is 0.507 e. The maximum atomic E-state index is 14.4. The van der Waals surface area contributed by atoms with Crippen LogP contribution in [0.25, 0.3) is 5.57 Å². The molecule has 0 spiro atoms. The van der Waals surface area contributed by atoms with Gasteiger partial charge in [0.1, 0.15) is 29.3 Å². The minimum absolute atomic E-state index is 0.00510. The Labute approximate surface area is 230 Å². The minimum Gasteiger partial charge on any atom is -0.507 e. The summed E-state index contributed by atoms with van der Waals surface area (Å²) in [6, 6.07) is 7.13. The standard InChI is InChI=1S/C30H31NO9/c1-4-5-8-17-30(37)40-29-16-10-13(2)11-18(32)22(16)24-25(31(17)29)28(36)23-15(27(24)35)7-6-9-20(23)39-21-12-19(33)26(34)14(3)38-21/h6-7,9-11,14,17,19,21,26,29,32-34H,4-5,8,12H2,1-3H3/t14-,17-,19+,21-,26-,29-/m0/s1. The van der Waals surface area contributed by atoms with Crippen molar-refractivity contribution in [1.29, 1.82) is 0 Å². The van der Waals surface area contributed by atoms with Crippen molar-refractivity contribution in [1.82, 2.24) is 4.90 Å². The first-order chi connectivity index (χ1) is 19.1. The van der Waals surface area contributed by atoms with Gasteiger partial charge in [-0.2, -0.15) is 0 Å². The smallest absolute Gasteiger partial charge is 0.331 e. The van der Waals surface area contributed by atoms with Gasteiger partial charge in [0.15, 0.2) is 5.78 Å². The normalized spacial score (nSPS) is 29.0. The quantitative estimate of drug-likeness (QED) is 0.476. The molecule has 0 radical (unpaired) electrons. The lowest BCUT2D eigenvalue weighted by molar-refractivity contribution is -0.216. The van der Waals surface area contributed by atoms with Gasteiger partial charge >= 0.3 is 5.97 Å². The lowest BCUT2D eigenvalue weighted by Gasteiger charge is -2.39. The second-order valence-electron chi connectivity index (χ2n) is 10.8. The van der Waals surface area contributed by atoms with Crippen LogP contribution in [0.1, 0.15) is 83.2 Å². The molecule has 0 bridgehead atoms. The number of hydrogen-bond acceptors (Lipinski definition) is 10. The van der Waals surface area contributed by atoms with Crippen LogP contribution >= 0.6 is 0 Å². The molecule has 3 heterocycles. The zero-order valence-corrected chi connectivity index (χ0v) is 22.4. The Morgan fingerprint density at radius 3 is 2.60 bits per heavy atom. The number of Topliss-reactive ketones (excluding diaryl/α,β-unsaturated/α-hetero) is 2. The van der Waals surface area contributed by atoms with E-state index in [1.54, 1.807) is 30.9 Å². The number of phenolic OH excluding ortho intramolecular Hbond substituents is 1. The van der Waals surface area contributed by atoms with Crippen LogP contribution in [0, 0.1) is 6.92 Å². The molecule has 1 aliphatic carbocycles.